The van der Waals surface area contributed by atoms with Crippen LogP contribution in [0, 0.1) is 29.1 Å². The second kappa shape index (κ2) is 3.42. The smallest absolute Gasteiger partial charge is 0.0707 e. The minimum absolute atomic E-state index is 0.222. The van der Waals surface area contributed by atoms with Crippen molar-refractivity contribution in [2.24, 2.45) is 5.41 Å². The van der Waals surface area contributed by atoms with Crippen LogP contribution in [0.25, 0.3) is 0 Å². The van der Waals surface area contributed by atoms with E-state index in [1.807, 2.05) is 0 Å². The molecule has 1 rings (SSSR count). The maximum absolute atomic E-state index is 8.90. The van der Waals surface area contributed by atoms with E-state index in [-0.39, 0.29) is 5.41 Å². The Kier molecular flexibility index (Phi) is 2.52. The summed E-state index contributed by atoms with van der Waals surface area (Å²) in [6.07, 6.45) is 7.59. The molecule has 1 heterocycles. The van der Waals surface area contributed by atoms with E-state index in [9.17, 15) is 0 Å². The molecule has 1 fully saturated rings. The Hall–Kier alpha value is -0.990. The van der Waals surface area contributed by atoms with E-state index < -0.39 is 0 Å². The summed E-state index contributed by atoms with van der Waals surface area (Å²) >= 11 is 0. The predicted molar refractivity (Wildman–Crippen MR) is 43.6 cm³/mol. The van der Waals surface area contributed by atoms with Gasteiger partial charge in [0.2, 0.25) is 0 Å². The highest BCUT2D eigenvalue weighted by atomic mass is 14.9. The van der Waals surface area contributed by atoms with Crippen LogP contribution in [-0.2, 0) is 0 Å². The molecule has 0 radical (unpaired) electrons. The first-order chi connectivity index (χ1) is 5.33. The lowest BCUT2D eigenvalue weighted by Gasteiger charge is -2.29. The van der Waals surface area contributed by atoms with Crippen LogP contribution < -0.4 is 5.32 Å². The van der Waals surface area contributed by atoms with E-state index in [4.69, 9.17) is 11.7 Å². The minimum atomic E-state index is -0.222. The van der Waals surface area contributed by atoms with Crippen molar-refractivity contribution >= 4 is 0 Å². The van der Waals surface area contributed by atoms with Gasteiger partial charge in [0.05, 0.1) is 11.5 Å². The summed E-state index contributed by atoms with van der Waals surface area (Å²) in [5.41, 5.74) is -0.222. The van der Waals surface area contributed by atoms with E-state index in [0.29, 0.717) is 6.42 Å². The van der Waals surface area contributed by atoms with Crippen molar-refractivity contribution in [2.45, 2.75) is 19.3 Å². The van der Waals surface area contributed by atoms with Gasteiger partial charge in [-0.2, -0.15) is 5.26 Å². The molecule has 0 spiro atoms. The molecule has 58 valence electrons. The highest BCUT2D eigenvalue weighted by Crippen LogP contribution is 2.30. The first-order valence-corrected chi connectivity index (χ1v) is 3.88. The lowest BCUT2D eigenvalue weighted by Crippen LogP contribution is -2.35. The Bertz CT molecular complexity index is 201. The van der Waals surface area contributed by atoms with Gasteiger partial charge in [-0.25, -0.2) is 0 Å². The summed E-state index contributed by atoms with van der Waals surface area (Å²) in [6, 6.07) is 2.34. The van der Waals surface area contributed by atoms with E-state index in [1.165, 1.54) is 0 Å². The van der Waals surface area contributed by atoms with Gasteiger partial charge in [-0.1, -0.05) is 0 Å². The summed E-state index contributed by atoms with van der Waals surface area (Å²) in [4.78, 5) is 0. The first kappa shape index (κ1) is 8.11. The highest BCUT2D eigenvalue weighted by Gasteiger charge is 2.30. The van der Waals surface area contributed by atoms with Gasteiger partial charge in [0.15, 0.2) is 0 Å². The second-order valence-corrected chi connectivity index (χ2v) is 3.02. The molecular formula is C9H12N2. The molecule has 0 aromatic heterocycles. The zero-order chi connectivity index (χ0) is 8.16. The Balaban J connectivity index is 2.60. The quantitative estimate of drug-likeness (QED) is 0.561. The van der Waals surface area contributed by atoms with Gasteiger partial charge < -0.3 is 5.32 Å². The first-order valence-electron chi connectivity index (χ1n) is 3.88. The third-order valence-corrected chi connectivity index (χ3v) is 2.24. The molecule has 0 aromatic carbocycles. The van der Waals surface area contributed by atoms with Gasteiger partial charge >= 0.3 is 0 Å². The van der Waals surface area contributed by atoms with Crippen LogP contribution in [0.1, 0.15) is 19.3 Å². The number of hydrogen-bond acceptors (Lipinski definition) is 2. The zero-order valence-electron chi connectivity index (χ0n) is 6.56. The van der Waals surface area contributed by atoms with Crippen molar-refractivity contribution in [3.63, 3.8) is 0 Å². The Morgan fingerprint density at radius 1 is 1.45 bits per heavy atom. The molecule has 1 aliphatic heterocycles. The summed E-state index contributed by atoms with van der Waals surface area (Å²) in [5.74, 6) is 2.58. The van der Waals surface area contributed by atoms with Gasteiger partial charge in [0.25, 0.3) is 0 Å². The number of hydrogen-bond donors (Lipinski definition) is 1. The fourth-order valence-electron chi connectivity index (χ4n) is 1.43. The molecule has 0 atom stereocenters. The summed E-state index contributed by atoms with van der Waals surface area (Å²) in [5, 5.41) is 12.1. The highest BCUT2D eigenvalue weighted by molar-refractivity contribution is 5.08. The molecule has 0 saturated carbocycles. The molecule has 0 aliphatic carbocycles. The molecule has 0 bridgehead atoms. The Morgan fingerprint density at radius 2 is 2.09 bits per heavy atom. The van der Waals surface area contributed by atoms with E-state index in [1.54, 1.807) is 0 Å². The van der Waals surface area contributed by atoms with Crippen molar-refractivity contribution in [3.8, 4) is 18.4 Å². The van der Waals surface area contributed by atoms with Crippen LogP contribution in [0.5, 0.6) is 0 Å². The Labute approximate surface area is 67.6 Å². The average Bonchev–Trinajstić information content (AvgIpc) is 2.07. The molecular weight excluding hydrogens is 136 g/mol. The monoisotopic (exact) mass is 148 g/mol. The van der Waals surface area contributed by atoms with Gasteiger partial charge in [0.1, 0.15) is 0 Å². The number of terminal acetylenes is 1. The van der Waals surface area contributed by atoms with Crippen molar-refractivity contribution in [1.82, 2.24) is 5.32 Å². The number of nitrogens with one attached hydrogen (secondary N) is 1. The molecule has 1 aliphatic rings. The fraction of sp³-hybridized carbons (Fsp3) is 0.667. The number of rotatable bonds is 1. The molecule has 11 heavy (non-hydrogen) atoms. The summed E-state index contributed by atoms with van der Waals surface area (Å²) in [7, 11) is 0. The lowest BCUT2D eigenvalue weighted by molar-refractivity contribution is 0.289. The third kappa shape index (κ3) is 1.73. The lowest BCUT2D eigenvalue weighted by atomic mass is 9.78. The van der Waals surface area contributed by atoms with E-state index in [0.717, 1.165) is 25.9 Å². The molecule has 1 saturated heterocycles. The van der Waals surface area contributed by atoms with Crippen molar-refractivity contribution < 1.29 is 0 Å². The summed E-state index contributed by atoms with van der Waals surface area (Å²) in [6.45, 7) is 1.85. The van der Waals surface area contributed by atoms with Gasteiger partial charge in [-0.3, -0.25) is 0 Å². The topological polar surface area (TPSA) is 35.8 Å². The van der Waals surface area contributed by atoms with Crippen molar-refractivity contribution in [3.05, 3.63) is 0 Å². The second-order valence-electron chi connectivity index (χ2n) is 3.02. The molecule has 0 amide bonds. The van der Waals surface area contributed by atoms with Crippen LogP contribution in [0.15, 0.2) is 0 Å². The number of piperidine rings is 1. The molecule has 2 heteroatoms. The molecule has 0 aromatic rings. The van der Waals surface area contributed by atoms with Crippen LogP contribution in [0.3, 0.4) is 0 Å². The van der Waals surface area contributed by atoms with Crippen LogP contribution in [0.4, 0.5) is 0 Å². The molecule has 2 nitrogen and oxygen atoms in total. The van der Waals surface area contributed by atoms with Crippen LogP contribution >= 0.6 is 0 Å². The van der Waals surface area contributed by atoms with Gasteiger partial charge in [-0.05, 0) is 25.9 Å². The van der Waals surface area contributed by atoms with E-state index in [2.05, 4.69) is 17.3 Å². The minimum Gasteiger partial charge on any atom is -0.317 e. The summed E-state index contributed by atoms with van der Waals surface area (Å²) < 4.78 is 0. The van der Waals surface area contributed by atoms with Crippen LogP contribution in [-0.4, -0.2) is 13.1 Å². The molecule has 0 unspecified atom stereocenters. The van der Waals surface area contributed by atoms with Gasteiger partial charge in [-0.15, -0.1) is 12.3 Å². The van der Waals surface area contributed by atoms with Crippen molar-refractivity contribution in [2.75, 3.05) is 13.1 Å². The normalized spacial score (nSPS) is 21.6. The standard InChI is InChI=1S/C9H12N2/c1-2-3-9(8-10)4-6-11-7-5-9/h1,11H,3-7H2. The van der Waals surface area contributed by atoms with E-state index >= 15 is 0 Å². The van der Waals surface area contributed by atoms with Gasteiger partial charge in [0, 0.05) is 6.42 Å². The number of nitrogens with zero attached hydrogens (tertiary/aromatic N) is 1. The third-order valence-electron chi connectivity index (χ3n) is 2.24. The predicted octanol–water partition coefficient (Wildman–Crippen LogP) is 0.903. The number of nitriles is 1. The maximum atomic E-state index is 8.90. The maximum Gasteiger partial charge on any atom is 0.0707 e. The zero-order valence-corrected chi connectivity index (χ0v) is 6.56. The fourth-order valence-corrected chi connectivity index (χ4v) is 1.43. The van der Waals surface area contributed by atoms with Crippen LogP contribution in [0.2, 0.25) is 0 Å². The molecule has 1 N–H and O–H groups in total. The SMILES string of the molecule is C#CCC1(C#N)CCNCC1. The van der Waals surface area contributed by atoms with Crippen molar-refractivity contribution in [1.29, 1.82) is 5.26 Å². The Morgan fingerprint density at radius 3 is 2.55 bits per heavy atom. The largest absolute Gasteiger partial charge is 0.317 e. The average molecular weight is 148 g/mol.